The number of Topliss-reactive ketones (excluding diaryl/α,β-unsaturated/α-hetero) is 1. The van der Waals surface area contributed by atoms with Crippen LogP contribution in [0.15, 0.2) is 30.3 Å². The molecule has 0 fully saturated rings. The van der Waals surface area contributed by atoms with Crippen molar-refractivity contribution in [3.05, 3.63) is 35.9 Å². The normalized spacial score (nSPS) is 11.7. The smallest absolute Gasteiger partial charge is 0.211 e. The summed E-state index contributed by atoms with van der Waals surface area (Å²) in [6, 6.07) is 9.20. The van der Waals surface area contributed by atoms with Gasteiger partial charge in [-0.2, -0.15) is 4.31 Å². The highest BCUT2D eigenvalue weighted by atomic mass is 32.2. The summed E-state index contributed by atoms with van der Waals surface area (Å²) in [7, 11) is -3.35. The predicted octanol–water partition coefficient (Wildman–Crippen LogP) is 1.04. The van der Waals surface area contributed by atoms with Crippen LogP contribution in [0.2, 0.25) is 0 Å². The Morgan fingerprint density at radius 2 is 1.81 bits per heavy atom. The van der Waals surface area contributed by atoms with Crippen LogP contribution in [-0.4, -0.2) is 31.3 Å². The van der Waals surface area contributed by atoms with Crippen LogP contribution in [-0.2, 0) is 21.4 Å². The van der Waals surface area contributed by atoms with Crippen LogP contribution in [0.25, 0.3) is 0 Å². The van der Waals surface area contributed by atoms with Gasteiger partial charge in [-0.1, -0.05) is 30.3 Å². The van der Waals surface area contributed by atoms with E-state index in [1.54, 1.807) is 0 Å². The molecule has 1 rings (SSSR count). The highest BCUT2D eigenvalue weighted by Gasteiger charge is 2.18. The molecule has 0 aliphatic carbocycles. The molecule has 16 heavy (non-hydrogen) atoms. The lowest BCUT2D eigenvalue weighted by Gasteiger charge is -2.18. The second kappa shape index (κ2) is 5.23. The molecule has 0 radical (unpaired) electrons. The predicted molar refractivity (Wildman–Crippen MR) is 62.4 cm³/mol. The van der Waals surface area contributed by atoms with Crippen molar-refractivity contribution in [2.45, 2.75) is 13.5 Å². The van der Waals surface area contributed by atoms with Crippen molar-refractivity contribution in [2.75, 3.05) is 12.8 Å². The van der Waals surface area contributed by atoms with Gasteiger partial charge in [0.05, 0.1) is 12.8 Å². The van der Waals surface area contributed by atoms with Crippen LogP contribution in [0, 0.1) is 0 Å². The molecule has 4 nitrogen and oxygen atoms in total. The molecule has 0 saturated carbocycles. The lowest BCUT2D eigenvalue weighted by Crippen LogP contribution is -2.33. The lowest BCUT2D eigenvalue weighted by atomic mass is 10.2. The van der Waals surface area contributed by atoms with Crippen molar-refractivity contribution in [1.29, 1.82) is 0 Å². The zero-order chi connectivity index (χ0) is 12.2. The summed E-state index contributed by atoms with van der Waals surface area (Å²) in [6.45, 7) is 1.54. The number of carbonyl (C=O) groups excluding carboxylic acids is 1. The molecule has 0 atom stereocenters. The number of benzene rings is 1. The van der Waals surface area contributed by atoms with Gasteiger partial charge in [0, 0.05) is 6.54 Å². The fourth-order valence-electron chi connectivity index (χ4n) is 1.33. The average molecular weight is 241 g/mol. The van der Waals surface area contributed by atoms with E-state index in [-0.39, 0.29) is 18.9 Å². The summed E-state index contributed by atoms with van der Waals surface area (Å²) in [5, 5.41) is 0. The van der Waals surface area contributed by atoms with Crippen LogP contribution in [0.4, 0.5) is 0 Å². The molecule has 5 heteroatoms. The molecule has 1 aromatic rings. The first kappa shape index (κ1) is 12.9. The molecule has 88 valence electrons. The van der Waals surface area contributed by atoms with E-state index in [0.717, 1.165) is 11.8 Å². The number of hydrogen-bond acceptors (Lipinski definition) is 3. The molecule has 0 bridgehead atoms. The first-order chi connectivity index (χ1) is 7.39. The first-order valence-electron chi connectivity index (χ1n) is 4.88. The molecule has 0 aromatic heterocycles. The molecular formula is C11H15NO3S. The van der Waals surface area contributed by atoms with E-state index in [1.165, 1.54) is 11.2 Å². The van der Waals surface area contributed by atoms with Gasteiger partial charge in [0.25, 0.3) is 0 Å². The van der Waals surface area contributed by atoms with Gasteiger partial charge >= 0.3 is 0 Å². The maximum Gasteiger partial charge on any atom is 0.211 e. The van der Waals surface area contributed by atoms with Crippen LogP contribution in [0.1, 0.15) is 12.5 Å². The van der Waals surface area contributed by atoms with Crippen molar-refractivity contribution < 1.29 is 13.2 Å². The van der Waals surface area contributed by atoms with E-state index in [1.807, 2.05) is 30.3 Å². The SMILES string of the molecule is CC(=O)CN(Cc1ccccc1)S(C)(=O)=O. The topological polar surface area (TPSA) is 54.5 Å². The minimum Gasteiger partial charge on any atom is -0.299 e. The minimum absolute atomic E-state index is 0.0757. The zero-order valence-corrected chi connectivity index (χ0v) is 10.2. The van der Waals surface area contributed by atoms with Crippen molar-refractivity contribution in [2.24, 2.45) is 0 Å². The fourth-order valence-corrected chi connectivity index (χ4v) is 2.13. The Morgan fingerprint density at radius 1 is 1.25 bits per heavy atom. The third kappa shape index (κ3) is 4.12. The number of carbonyl (C=O) groups is 1. The van der Waals surface area contributed by atoms with Gasteiger partial charge in [0.1, 0.15) is 5.78 Å². The molecule has 0 unspecified atom stereocenters. The van der Waals surface area contributed by atoms with Crippen LogP contribution < -0.4 is 0 Å². The maximum absolute atomic E-state index is 11.4. The molecule has 0 aliphatic rings. The Labute approximate surface area is 95.9 Å². The zero-order valence-electron chi connectivity index (χ0n) is 9.38. The summed E-state index contributed by atoms with van der Waals surface area (Å²) in [6.07, 6.45) is 1.11. The number of sulfonamides is 1. The Kier molecular flexibility index (Phi) is 4.20. The first-order valence-corrected chi connectivity index (χ1v) is 6.73. The molecule has 0 N–H and O–H groups in total. The second-order valence-electron chi connectivity index (χ2n) is 3.72. The molecule has 0 spiro atoms. The summed E-state index contributed by atoms with van der Waals surface area (Å²) in [4.78, 5) is 11.0. The summed E-state index contributed by atoms with van der Waals surface area (Å²) in [5.74, 6) is -0.165. The van der Waals surface area contributed by atoms with Gasteiger partial charge in [0.15, 0.2) is 0 Å². The highest BCUT2D eigenvalue weighted by Crippen LogP contribution is 2.07. The lowest BCUT2D eigenvalue weighted by molar-refractivity contribution is -0.117. The number of ketones is 1. The van der Waals surface area contributed by atoms with E-state index in [9.17, 15) is 13.2 Å². The van der Waals surface area contributed by atoms with E-state index in [4.69, 9.17) is 0 Å². The van der Waals surface area contributed by atoms with Crippen molar-refractivity contribution in [3.63, 3.8) is 0 Å². The van der Waals surface area contributed by atoms with E-state index >= 15 is 0 Å². The molecule has 0 heterocycles. The summed E-state index contributed by atoms with van der Waals surface area (Å²) >= 11 is 0. The van der Waals surface area contributed by atoms with E-state index < -0.39 is 10.0 Å². The van der Waals surface area contributed by atoms with Gasteiger partial charge in [-0.25, -0.2) is 8.42 Å². The van der Waals surface area contributed by atoms with Gasteiger partial charge in [-0.05, 0) is 12.5 Å². The van der Waals surface area contributed by atoms with Crippen molar-refractivity contribution in [3.8, 4) is 0 Å². The number of hydrogen-bond donors (Lipinski definition) is 0. The molecular weight excluding hydrogens is 226 g/mol. The third-order valence-corrected chi connectivity index (χ3v) is 3.27. The molecule has 0 saturated heterocycles. The van der Waals surface area contributed by atoms with Crippen molar-refractivity contribution >= 4 is 15.8 Å². The van der Waals surface area contributed by atoms with Gasteiger partial charge in [-0.3, -0.25) is 4.79 Å². The Hall–Kier alpha value is -1.20. The van der Waals surface area contributed by atoms with Gasteiger partial charge in [0.2, 0.25) is 10.0 Å². The summed E-state index contributed by atoms with van der Waals surface area (Å²) in [5.41, 5.74) is 0.870. The monoisotopic (exact) mass is 241 g/mol. The van der Waals surface area contributed by atoms with Crippen LogP contribution in [0.3, 0.4) is 0 Å². The highest BCUT2D eigenvalue weighted by molar-refractivity contribution is 7.88. The van der Waals surface area contributed by atoms with Crippen LogP contribution >= 0.6 is 0 Å². The Bertz CT molecular complexity index is 453. The fraction of sp³-hybridized carbons (Fsp3) is 0.364. The van der Waals surface area contributed by atoms with Crippen molar-refractivity contribution in [1.82, 2.24) is 4.31 Å². The second-order valence-corrected chi connectivity index (χ2v) is 5.70. The van der Waals surface area contributed by atoms with Gasteiger partial charge in [-0.15, -0.1) is 0 Å². The average Bonchev–Trinajstić information content (AvgIpc) is 2.16. The quantitative estimate of drug-likeness (QED) is 0.774. The third-order valence-electron chi connectivity index (χ3n) is 2.07. The van der Waals surface area contributed by atoms with Crippen LogP contribution in [0.5, 0.6) is 0 Å². The van der Waals surface area contributed by atoms with E-state index in [0.29, 0.717) is 0 Å². The van der Waals surface area contributed by atoms with Gasteiger partial charge < -0.3 is 0 Å². The van der Waals surface area contributed by atoms with E-state index in [2.05, 4.69) is 0 Å². The standard InChI is InChI=1S/C11H15NO3S/c1-10(13)8-12(16(2,14)15)9-11-6-4-3-5-7-11/h3-7H,8-9H2,1-2H3. The molecule has 0 aliphatic heterocycles. The molecule has 1 aromatic carbocycles. The minimum atomic E-state index is -3.35. The number of rotatable bonds is 5. The summed E-state index contributed by atoms with van der Waals surface area (Å²) < 4.78 is 24.1. The largest absolute Gasteiger partial charge is 0.299 e. The number of nitrogens with zero attached hydrogens (tertiary/aromatic N) is 1. The maximum atomic E-state index is 11.4. The molecule has 0 amide bonds. The Balaban J connectivity index is 2.84. The Morgan fingerprint density at radius 3 is 2.25 bits per heavy atom.